The largest absolute Gasteiger partial charge is 0.389 e. The Morgan fingerprint density at radius 3 is 2.46 bits per heavy atom. The Balaban J connectivity index is 2.48. The molecule has 0 aromatic carbocycles. The molecule has 1 aliphatic rings. The standard InChI is InChI=1S/C12H20O/c1-3-4-10-12(2,13)11-8-6-5-7-9-11/h11,13H,5-10H2,1-2H3. The average Bonchev–Trinajstić information content (AvgIpc) is 2.16. The van der Waals surface area contributed by atoms with Crippen LogP contribution < -0.4 is 0 Å². The van der Waals surface area contributed by atoms with Crippen molar-refractivity contribution in [2.45, 2.75) is 58.0 Å². The summed E-state index contributed by atoms with van der Waals surface area (Å²) in [5.41, 5.74) is -0.552. The molecule has 0 spiro atoms. The molecule has 0 aromatic rings. The predicted molar refractivity (Wildman–Crippen MR) is 55.3 cm³/mol. The van der Waals surface area contributed by atoms with Crippen LogP contribution in [0.3, 0.4) is 0 Å². The first-order valence-electron chi connectivity index (χ1n) is 5.29. The highest BCUT2D eigenvalue weighted by Gasteiger charge is 2.31. The topological polar surface area (TPSA) is 20.2 Å². The van der Waals surface area contributed by atoms with Gasteiger partial charge in [0.25, 0.3) is 0 Å². The Bertz CT molecular complexity index is 201. The van der Waals surface area contributed by atoms with Crippen molar-refractivity contribution in [3.63, 3.8) is 0 Å². The third-order valence-corrected chi connectivity index (χ3v) is 3.11. The minimum Gasteiger partial charge on any atom is -0.389 e. The maximum atomic E-state index is 10.2. The molecule has 0 amide bonds. The van der Waals surface area contributed by atoms with E-state index in [0.29, 0.717) is 12.3 Å². The summed E-state index contributed by atoms with van der Waals surface area (Å²) in [4.78, 5) is 0. The second kappa shape index (κ2) is 4.67. The normalized spacial score (nSPS) is 23.0. The number of hydrogen-bond donors (Lipinski definition) is 1. The summed E-state index contributed by atoms with van der Waals surface area (Å²) in [6, 6.07) is 0. The zero-order chi connectivity index (χ0) is 9.73. The van der Waals surface area contributed by atoms with Gasteiger partial charge in [0.15, 0.2) is 0 Å². The van der Waals surface area contributed by atoms with Crippen LogP contribution in [0.15, 0.2) is 0 Å². The lowest BCUT2D eigenvalue weighted by atomic mass is 9.76. The van der Waals surface area contributed by atoms with E-state index in [4.69, 9.17) is 0 Å². The molecule has 1 unspecified atom stereocenters. The molecule has 1 aliphatic carbocycles. The molecule has 0 radical (unpaired) electrons. The van der Waals surface area contributed by atoms with E-state index >= 15 is 0 Å². The van der Waals surface area contributed by atoms with Crippen molar-refractivity contribution in [3.05, 3.63) is 0 Å². The zero-order valence-corrected chi connectivity index (χ0v) is 8.77. The Kier molecular flexibility index (Phi) is 3.81. The quantitative estimate of drug-likeness (QED) is 0.648. The van der Waals surface area contributed by atoms with Crippen LogP contribution in [0.5, 0.6) is 0 Å². The van der Waals surface area contributed by atoms with Gasteiger partial charge < -0.3 is 5.11 Å². The Morgan fingerprint density at radius 2 is 1.92 bits per heavy atom. The molecule has 1 N–H and O–H groups in total. The monoisotopic (exact) mass is 180 g/mol. The summed E-state index contributed by atoms with van der Waals surface area (Å²) < 4.78 is 0. The smallest absolute Gasteiger partial charge is 0.0756 e. The molecular formula is C12H20O. The maximum absolute atomic E-state index is 10.2. The van der Waals surface area contributed by atoms with Crippen molar-refractivity contribution in [2.75, 3.05) is 0 Å². The van der Waals surface area contributed by atoms with Gasteiger partial charge in [0.05, 0.1) is 5.60 Å². The number of rotatable bonds is 2. The van der Waals surface area contributed by atoms with E-state index in [1.165, 1.54) is 32.1 Å². The van der Waals surface area contributed by atoms with Gasteiger partial charge in [-0.1, -0.05) is 19.3 Å². The van der Waals surface area contributed by atoms with Crippen LogP contribution in [-0.2, 0) is 0 Å². The highest BCUT2D eigenvalue weighted by Crippen LogP contribution is 2.34. The molecule has 1 nitrogen and oxygen atoms in total. The summed E-state index contributed by atoms with van der Waals surface area (Å²) in [5, 5.41) is 10.2. The lowest BCUT2D eigenvalue weighted by Gasteiger charge is -2.34. The molecule has 0 saturated heterocycles. The fourth-order valence-electron chi connectivity index (χ4n) is 2.14. The Morgan fingerprint density at radius 1 is 1.31 bits per heavy atom. The minimum atomic E-state index is -0.552. The van der Waals surface area contributed by atoms with Gasteiger partial charge in [-0.15, -0.1) is 11.8 Å². The molecule has 0 aromatic heterocycles. The van der Waals surface area contributed by atoms with Gasteiger partial charge in [0.2, 0.25) is 0 Å². The molecule has 0 aliphatic heterocycles. The van der Waals surface area contributed by atoms with Crippen LogP contribution in [0.2, 0.25) is 0 Å². The molecule has 1 rings (SSSR count). The lowest BCUT2D eigenvalue weighted by Crippen LogP contribution is -2.35. The molecule has 1 atom stereocenters. The Hall–Kier alpha value is -0.480. The van der Waals surface area contributed by atoms with Gasteiger partial charge in [-0.3, -0.25) is 0 Å². The zero-order valence-electron chi connectivity index (χ0n) is 8.77. The van der Waals surface area contributed by atoms with Crippen molar-refractivity contribution in [2.24, 2.45) is 5.92 Å². The van der Waals surface area contributed by atoms with Gasteiger partial charge >= 0.3 is 0 Å². The van der Waals surface area contributed by atoms with Gasteiger partial charge in [-0.05, 0) is 32.6 Å². The van der Waals surface area contributed by atoms with Gasteiger partial charge in [-0.2, -0.15) is 0 Å². The highest BCUT2D eigenvalue weighted by molar-refractivity contribution is 5.02. The maximum Gasteiger partial charge on any atom is 0.0756 e. The van der Waals surface area contributed by atoms with Gasteiger partial charge in [-0.25, -0.2) is 0 Å². The number of aliphatic hydroxyl groups is 1. The molecule has 13 heavy (non-hydrogen) atoms. The van der Waals surface area contributed by atoms with E-state index in [0.717, 1.165) is 0 Å². The summed E-state index contributed by atoms with van der Waals surface area (Å²) in [7, 11) is 0. The average molecular weight is 180 g/mol. The van der Waals surface area contributed by atoms with Crippen molar-refractivity contribution in [1.82, 2.24) is 0 Å². The SMILES string of the molecule is CC#CCC(C)(O)C1CCCCC1. The van der Waals surface area contributed by atoms with Crippen molar-refractivity contribution in [1.29, 1.82) is 0 Å². The Labute approximate surface area is 81.5 Å². The van der Waals surface area contributed by atoms with Gasteiger partial charge in [0, 0.05) is 6.42 Å². The first-order valence-corrected chi connectivity index (χ1v) is 5.29. The molecule has 74 valence electrons. The summed E-state index contributed by atoms with van der Waals surface area (Å²) in [5.74, 6) is 6.31. The lowest BCUT2D eigenvalue weighted by molar-refractivity contribution is -0.0118. The van der Waals surface area contributed by atoms with Crippen LogP contribution in [0.1, 0.15) is 52.4 Å². The molecule has 0 bridgehead atoms. The van der Waals surface area contributed by atoms with E-state index in [1.54, 1.807) is 0 Å². The fourth-order valence-corrected chi connectivity index (χ4v) is 2.14. The van der Waals surface area contributed by atoms with Crippen LogP contribution in [-0.4, -0.2) is 10.7 Å². The summed E-state index contributed by atoms with van der Waals surface area (Å²) in [6.07, 6.45) is 6.89. The first kappa shape index (κ1) is 10.6. The van der Waals surface area contributed by atoms with Crippen LogP contribution in [0.25, 0.3) is 0 Å². The predicted octanol–water partition coefficient (Wildman–Crippen LogP) is 2.73. The second-order valence-electron chi connectivity index (χ2n) is 4.30. The van der Waals surface area contributed by atoms with E-state index in [1.807, 2.05) is 13.8 Å². The molecular weight excluding hydrogens is 160 g/mol. The van der Waals surface area contributed by atoms with Crippen LogP contribution in [0, 0.1) is 17.8 Å². The molecule has 0 heterocycles. The summed E-state index contributed by atoms with van der Waals surface area (Å²) in [6.45, 7) is 3.77. The first-order chi connectivity index (χ1) is 6.17. The second-order valence-corrected chi connectivity index (χ2v) is 4.30. The fraction of sp³-hybridized carbons (Fsp3) is 0.833. The van der Waals surface area contributed by atoms with E-state index in [-0.39, 0.29) is 0 Å². The molecule has 1 heteroatoms. The molecule has 1 fully saturated rings. The third kappa shape index (κ3) is 3.04. The van der Waals surface area contributed by atoms with Crippen molar-refractivity contribution >= 4 is 0 Å². The van der Waals surface area contributed by atoms with Crippen molar-refractivity contribution in [3.8, 4) is 11.8 Å². The molecule has 1 saturated carbocycles. The number of hydrogen-bond acceptors (Lipinski definition) is 1. The van der Waals surface area contributed by atoms with Crippen LogP contribution in [0.4, 0.5) is 0 Å². The van der Waals surface area contributed by atoms with E-state index in [2.05, 4.69) is 11.8 Å². The van der Waals surface area contributed by atoms with E-state index in [9.17, 15) is 5.11 Å². The highest BCUT2D eigenvalue weighted by atomic mass is 16.3. The van der Waals surface area contributed by atoms with Crippen molar-refractivity contribution < 1.29 is 5.11 Å². The van der Waals surface area contributed by atoms with Crippen LogP contribution >= 0.6 is 0 Å². The minimum absolute atomic E-state index is 0.474. The van der Waals surface area contributed by atoms with E-state index < -0.39 is 5.60 Å². The van der Waals surface area contributed by atoms with Gasteiger partial charge in [0.1, 0.15) is 0 Å². The summed E-state index contributed by atoms with van der Waals surface area (Å²) >= 11 is 0. The third-order valence-electron chi connectivity index (χ3n) is 3.11.